The van der Waals surface area contributed by atoms with E-state index in [1.54, 1.807) is 54.6 Å². The van der Waals surface area contributed by atoms with Crippen molar-refractivity contribution in [2.75, 3.05) is 33.8 Å². The molecule has 0 heterocycles. The highest BCUT2D eigenvalue weighted by Crippen LogP contribution is 2.40. The molecule has 8 nitrogen and oxygen atoms in total. The van der Waals surface area contributed by atoms with Gasteiger partial charge in [0.1, 0.15) is 5.75 Å². The first-order valence-corrected chi connectivity index (χ1v) is 10.6. The maximum atomic E-state index is 12.6. The van der Waals surface area contributed by atoms with Gasteiger partial charge in [0.15, 0.2) is 23.0 Å². The first kappa shape index (κ1) is 25.0. The first-order valence-electron chi connectivity index (χ1n) is 10.6. The number of nitrogens with one attached hydrogen (secondary N) is 1. The van der Waals surface area contributed by atoms with Crippen LogP contribution in [0.4, 0.5) is 5.69 Å². The molecule has 3 rings (SSSR count). The zero-order chi connectivity index (χ0) is 25.4. The number of aromatic hydroxyl groups is 2. The number of para-hydroxylation sites is 1. The summed E-state index contributed by atoms with van der Waals surface area (Å²) in [4.78, 5) is 12.6. The molecule has 0 unspecified atom stereocenters. The quantitative estimate of drug-likeness (QED) is 0.227. The van der Waals surface area contributed by atoms with Crippen LogP contribution in [0, 0.1) is 0 Å². The zero-order valence-electron chi connectivity index (χ0n) is 19.9. The predicted molar refractivity (Wildman–Crippen MR) is 135 cm³/mol. The Morgan fingerprint density at radius 1 is 0.771 bits per heavy atom. The van der Waals surface area contributed by atoms with Gasteiger partial charge in [-0.2, -0.15) is 0 Å². The van der Waals surface area contributed by atoms with E-state index in [9.17, 15) is 15.0 Å². The van der Waals surface area contributed by atoms with Crippen LogP contribution in [0.15, 0.2) is 54.6 Å². The van der Waals surface area contributed by atoms with E-state index in [4.69, 9.17) is 18.9 Å². The third-order valence-electron chi connectivity index (χ3n) is 5.13. The van der Waals surface area contributed by atoms with Gasteiger partial charge in [0.2, 0.25) is 11.7 Å². The van der Waals surface area contributed by atoms with Gasteiger partial charge < -0.3 is 34.5 Å². The summed E-state index contributed by atoms with van der Waals surface area (Å²) < 4.78 is 21.3. The van der Waals surface area contributed by atoms with Gasteiger partial charge in [0.05, 0.1) is 34.1 Å². The lowest BCUT2D eigenvalue weighted by molar-refractivity contribution is -0.111. The Morgan fingerprint density at radius 2 is 1.43 bits per heavy atom. The van der Waals surface area contributed by atoms with Crippen LogP contribution >= 0.6 is 0 Å². The second kappa shape index (κ2) is 11.5. The number of anilines is 1. The van der Waals surface area contributed by atoms with E-state index >= 15 is 0 Å². The van der Waals surface area contributed by atoms with Crippen molar-refractivity contribution in [2.24, 2.45) is 0 Å². The first-order chi connectivity index (χ1) is 16.9. The van der Waals surface area contributed by atoms with Crippen LogP contribution < -0.4 is 24.3 Å². The number of ether oxygens (including phenoxy) is 4. The number of rotatable bonds is 9. The fourth-order valence-electron chi connectivity index (χ4n) is 3.37. The topological polar surface area (TPSA) is 106 Å². The van der Waals surface area contributed by atoms with E-state index in [-0.39, 0.29) is 22.9 Å². The Labute approximate surface area is 203 Å². The molecule has 182 valence electrons. The van der Waals surface area contributed by atoms with Crippen molar-refractivity contribution in [1.82, 2.24) is 0 Å². The predicted octanol–water partition coefficient (Wildman–Crippen LogP) is 4.95. The van der Waals surface area contributed by atoms with Crippen LogP contribution in [0.5, 0.6) is 34.5 Å². The molecule has 0 spiro atoms. The molecule has 0 radical (unpaired) electrons. The van der Waals surface area contributed by atoms with Gasteiger partial charge in [-0.15, -0.1) is 0 Å². The van der Waals surface area contributed by atoms with E-state index in [2.05, 4.69) is 5.32 Å². The number of benzene rings is 3. The molecule has 0 fully saturated rings. The number of hydrogen-bond acceptors (Lipinski definition) is 7. The standard InChI is InChI=1S/C27H27NO7/c1-32-21-13-11-19(10-9-17-15-22(33-2)27(35-4)23(16-17)34-3)25(26(21)31)28-24(30)14-12-18-7-5-6-8-20(18)29/h5-16,29,31H,1-4H3,(H,28,30)/b10-9+,14-12+. The molecule has 0 saturated carbocycles. The van der Waals surface area contributed by atoms with E-state index in [0.29, 0.717) is 28.4 Å². The minimum absolute atomic E-state index is 0.0507. The summed E-state index contributed by atoms with van der Waals surface area (Å²) in [5.41, 5.74) is 1.92. The van der Waals surface area contributed by atoms with Crippen molar-refractivity contribution in [1.29, 1.82) is 0 Å². The van der Waals surface area contributed by atoms with E-state index in [0.717, 1.165) is 5.56 Å². The molecule has 3 aromatic rings. The molecule has 0 aliphatic carbocycles. The van der Waals surface area contributed by atoms with Gasteiger partial charge in [-0.3, -0.25) is 4.79 Å². The van der Waals surface area contributed by atoms with Crippen molar-refractivity contribution in [2.45, 2.75) is 0 Å². The Hall–Kier alpha value is -4.59. The number of carbonyl (C=O) groups excluding carboxylic acids is 1. The minimum atomic E-state index is -0.501. The van der Waals surface area contributed by atoms with Crippen molar-refractivity contribution < 1.29 is 34.0 Å². The van der Waals surface area contributed by atoms with Crippen LogP contribution in [0.25, 0.3) is 18.2 Å². The summed E-state index contributed by atoms with van der Waals surface area (Å²) in [7, 11) is 6.01. The van der Waals surface area contributed by atoms with E-state index in [1.807, 2.05) is 0 Å². The molecule has 8 heteroatoms. The lowest BCUT2D eigenvalue weighted by Crippen LogP contribution is -2.09. The molecular weight excluding hydrogens is 450 g/mol. The summed E-state index contributed by atoms with van der Waals surface area (Å²) in [6.45, 7) is 0. The lowest BCUT2D eigenvalue weighted by Gasteiger charge is -2.14. The molecule has 35 heavy (non-hydrogen) atoms. The number of hydrogen-bond donors (Lipinski definition) is 3. The van der Waals surface area contributed by atoms with Gasteiger partial charge >= 0.3 is 0 Å². The molecule has 0 atom stereocenters. The third-order valence-corrected chi connectivity index (χ3v) is 5.13. The monoisotopic (exact) mass is 477 g/mol. The van der Waals surface area contributed by atoms with Gasteiger partial charge in [-0.25, -0.2) is 0 Å². The fourth-order valence-corrected chi connectivity index (χ4v) is 3.37. The SMILES string of the molecule is COc1ccc(/C=C/c2cc(OC)c(OC)c(OC)c2)c(NC(=O)/C=C/c2ccccc2O)c1O. The minimum Gasteiger partial charge on any atom is -0.507 e. The van der Waals surface area contributed by atoms with Gasteiger partial charge in [-0.1, -0.05) is 30.4 Å². The number of amides is 1. The van der Waals surface area contributed by atoms with Crippen molar-refractivity contribution in [3.8, 4) is 34.5 Å². The number of phenols is 2. The largest absolute Gasteiger partial charge is 0.507 e. The Kier molecular flexibility index (Phi) is 8.24. The van der Waals surface area contributed by atoms with Crippen molar-refractivity contribution >= 4 is 29.8 Å². The van der Waals surface area contributed by atoms with Crippen molar-refractivity contribution in [3.63, 3.8) is 0 Å². The molecular formula is C27H27NO7. The summed E-state index contributed by atoms with van der Waals surface area (Å²) in [5.74, 6) is 0.991. The summed E-state index contributed by atoms with van der Waals surface area (Å²) in [6, 6.07) is 13.5. The molecule has 0 saturated heterocycles. The normalized spacial score (nSPS) is 11.0. The number of carbonyl (C=O) groups is 1. The highest BCUT2D eigenvalue weighted by atomic mass is 16.5. The highest BCUT2D eigenvalue weighted by molar-refractivity contribution is 6.04. The maximum absolute atomic E-state index is 12.6. The van der Waals surface area contributed by atoms with Crippen LogP contribution in [-0.2, 0) is 4.79 Å². The zero-order valence-corrected chi connectivity index (χ0v) is 19.9. The lowest BCUT2D eigenvalue weighted by atomic mass is 10.1. The number of methoxy groups -OCH3 is 4. The Bertz CT molecular complexity index is 1240. The fraction of sp³-hybridized carbons (Fsp3) is 0.148. The average molecular weight is 478 g/mol. The average Bonchev–Trinajstić information content (AvgIpc) is 2.87. The number of phenolic OH excluding ortho intramolecular Hbond substituents is 2. The van der Waals surface area contributed by atoms with Crippen molar-refractivity contribution in [3.05, 3.63) is 71.3 Å². The smallest absolute Gasteiger partial charge is 0.248 e. The van der Waals surface area contributed by atoms with Crippen LogP contribution in [0.3, 0.4) is 0 Å². The summed E-state index contributed by atoms with van der Waals surface area (Å²) >= 11 is 0. The van der Waals surface area contributed by atoms with Crippen LogP contribution in [0.2, 0.25) is 0 Å². The van der Waals surface area contributed by atoms with Gasteiger partial charge in [0.25, 0.3) is 0 Å². The molecule has 0 aromatic heterocycles. The van der Waals surface area contributed by atoms with E-state index in [1.165, 1.54) is 46.7 Å². The maximum Gasteiger partial charge on any atom is 0.248 e. The molecule has 3 aromatic carbocycles. The second-order valence-corrected chi connectivity index (χ2v) is 7.25. The summed E-state index contributed by atoms with van der Waals surface area (Å²) in [6.07, 6.45) is 6.25. The van der Waals surface area contributed by atoms with Crippen LogP contribution in [-0.4, -0.2) is 44.6 Å². The second-order valence-electron chi connectivity index (χ2n) is 7.25. The van der Waals surface area contributed by atoms with E-state index < -0.39 is 5.91 Å². The Balaban J connectivity index is 1.94. The summed E-state index contributed by atoms with van der Waals surface area (Å²) in [5, 5.41) is 23.2. The van der Waals surface area contributed by atoms with Gasteiger partial charge in [0, 0.05) is 17.2 Å². The van der Waals surface area contributed by atoms with Gasteiger partial charge in [-0.05, 0) is 42.0 Å². The molecule has 0 aliphatic rings. The third kappa shape index (κ3) is 5.86. The highest BCUT2D eigenvalue weighted by Gasteiger charge is 2.15. The molecule has 0 aliphatic heterocycles. The molecule has 0 bridgehead atoms. The molecule has 1 amide bonds. The van der Waals surface area contributed by atoms with Crippen LogP contribution in [0.1, 0.15) is 16.7 Å². The molecule has 3 N–H and O–H groups in total. The Morgan fingerprint density at radius 3 is 2.03 bits per heavy atom.